The Kier molecular flexibility index (Phi) is 5.80. The Morgan fingerprint density at radius 1 is 0.968 bits per heavy atom. The number of fused-ring (bicyclic) bond motifs is 1. The minimum atomic E-state index is -0.455. The minimum Gasteiger partial charge on any atom is -0.347 e. The van der Waals surface area contributed by atoms with E-state index in [0.29, 0.717) is 22.7 Å². The van der Waals surface area contributed by atoms with Gasteiger partial charge in [-0.3, -0.25) is 10.1 Å². The van der Waals surface area contributed by atoms with E-state index in [4.69, 9.17) is 0 Å². The Bertz CT molecular complexity index is 1270. The maximum Gasteiger partial charge on any atom is 0.324 e. The second-order valence-corrected chi connectivity index (χ2v) is 7.79. The van der Waals surface area contributed by atoms with Crippen molar-refractivity contribution in [2.45, 2.75) is 20.4 Å². The van der Waals surface area contributed by atoms with Crippen molar-refractivity contribution in [3.63, 3.8) is 0 Å². The van der Waals surface area contributed by atoms with Gasteiger partial charge in [-0.25, -0.2) is 9.78 Å². The van der Waals surface area contributed by atoms with Crippen LogP contribution in [0, 0.1) is 5.92 Å². The van der Waals surface area contributed by atoms with Crippen LogP contribution in [0.4, 0.5) is 16.3 Å². The van der Waals surface area contributed by atoms with Gasteiger partial charge < -0.3 is 9.88 Å². The van der Waals surface area contributed by atoms with Crippen molar-refractivity contribution in [1.82, 2.24) is 9.55 Å². The van der Waals surface area contributed by atoms with E-state index in [1.165, 1.54) is 6.07 Å². The molecule has 0 saturated heterocycles. The zero-order valence-electron chi connectivity index (χ0n) is 17.5. The molecule has 31 heavy (non-hydrogen) atoms. The third-order valence-electron chi connectivity index (χ3n) is 4.86. The molecule has 0 aliphatic carbocycles. The second kappa shape index (κ2) is 8.83. The molecular formula is C25H24N4O2. The number of aromatic nitrogens is 2. The summed E-state index contributed by atoms with van der Waals surface area (Å²) in [7, 11) is 0. The Labute approximate surface area is 180 Å². The highest BCUT2D eigenvalue weighted by atomic mass is 16.2. The molecular weight excluding hydrogens is 388 g/mol. The molecule has 0 radical (unpaired) electrons. The number of urea groups is 1. The van der Waals surface area contributed by atoms with Crippen LogP contribution in [0.25, 0.3) is 22.2 Å². The van der Waals surface area contributed by atoms with E-state index < -0.39 is 6.03 Å². The van der Waals surface area contributed by atoms with Crippen LogP contribution in [0.15, 0.2) is 83.8 Å². The minimum absolute atomic E-state index is 0.183. The summed E-state index contributed by atoms with van der Waals surface area (Å²) < 4.78 is 2.04. The quantitative estimate of drug-likeness (QED) is 0.463. The highest BCUT2D eigenvalue weighted by Gasteiger charge is 2.16. The Morgan fingerprint density at radius 3 is 2.32 bits per heavy atom. The number of amides is 2. The lowest BCUT2D eigenvalue weighted by Crippen LogP contribution is -2.22. The van der Waals surface area contributed by atoms with Crippen LogP contribution in [-0.2, 0) is 6.54 Å². The molecule has 4 aromatic rings. The molecule has 0 bridgehead atoms. The molecule has 2 N–H and O–H groups in total. The second-order valence-electron chi connectivity index (χ2n) is 7.79. The molecule has 0 atom stereocenters. The fourth-order valence-electron chi connectivity index (χ4n) is 3.51. The Balaban J connectivity index is 1.83. The van der Waals surface area contributed by atoms with E-state index in [-0.39, 0.29) is 11.2 Å². The number of anilines is 2. The lowest BCUT2D eigenvalue weighted by molar-refractivity contribution is 0.262. The molecule has 0 saturated carbocycles. The summed E-state index contributed by atoms with van der Waals surface area (Å²) in [5.41, 5.74) is 2.80. The lowest BCUT2D eigenvalue weighted by atomic mass is 10.1. The fraction of sp³-hybridized carbons (Fsp3) is 0.160. The van der Waals surface area contributed by atoms with Gasteiger partial charge in [0.15, 0.2) is 5.43 Å². The molecule has 2 aromatic carbocycles. The van der Waals surface area contributed by atoms with Gasteiger partial charge in [0.2, 0.25) is 0 Å². The molecule has 0 spiro atoms. The van der Waals surface area contributed by atoms with E-state index >= 15 is 0 Å². The van der Waals surface area contributed by atoms with E-state index in [0.717, 1.165) is 17.6 Å². The van der Waals surface area contributed by atoms with Crippen molar-refractivity contribution < 1.29 is 4.79 Å². The Hall–Kier alpha value is -3.93. The standard InChI is InChI=1S/C25H24N4O2/c1-17(2)16-29-14-13-22(30)23-21(29)15-20(18-9-5-3-6-10-18)27-24(23)28-25(31)26-19-11-7-4-8-12-19/h3-15,17H,16H2,1-2H3,(H2,26,27,28,31). The normalized spacial score (nSPS) is 10.9. The van der Waals surface area contributed by atoms with Crippen LogP contribution >= 0.6 is 0 Å². The van der Waals surface area contributed by atoms with Gasteiger partial charge in [0.05, 0.1) is 16.6 Å². The summed E-state index contributed by atoms with van der Waals surface area (Å²) in [6, 6.07) is 21.8. The summed E-state index contributed by atoms with van der Waals surface area (Å²) in [6.07, 6.45) is 1.80. The first-order valence-electron chi connectivity index (χ1n) is 10.2. The predicted molar refractivity (Wildman–Crippen MR) is 125 cm³/mol. The van der Waals surface area contributed by atoms with Crippen LogP contribution in [0.2, 0.25) is 0 Å². The van der Waals surface area contributed by atoms with Gasteiger partial charge in [0.25, 0.3) is 0 Å². The van der Waals surface area contributed by atoms with E-state index in [2.05, 4.69) is 29.5 Å². The summed E-state index contributed by atoms with van der Waals surface area (Å²) in [5, 5.41) is 5.97. The highest BCUT2D eigenvalue weighted by Crippen LogP contribution is 2.26. The number of para-hydroxylation sites is 1. The number of nitrogens with zero attached hydrogens (tertiary/aromatic N) is 2. The average molecular weight is 412 g/mol. The van der Waals surface area contributed by atoms with Gasteiger partial charge in [0.1, 0.15) is 5.82 Å². The number of carbonyl (C=O) groups is 1. The average Bonchev–Trinajstić information content (AvgIpc) is 2.76. The third-order valence-corrected chi connectivity index (χ3v) is 4.86. The van der Waals surface area contributed by atoms with Crippen molar-refractivity contribution in [1.29, 1.82) is 0 Å². The predicted octanol–water partition coefficient (Wildman–Crippen LogP) is 5.36. The van der Waals surface area contributed by atoms with Crippen molar-refractivity contribution in [2.24, 2.45) is 5.92 Å². The van der Waals surface area contributed by atoms with Gasteiger partial charge >= 0.3 is 6.03 Å². The number of carbonyl (C=O) groups excluding carboxylic acids is 1. The molecule has 156 valence electrons. The number of benzene rings is 2. The largest absolute Gasteiger partial charge is 0.347 e. The molecule has 2 heterocycles. The van der Waals surface area contributed by atoms with Crippen LogP contribution in [0.3, 0.4) is 0 Å². The van der Waals surface area contributed by atoms with Gasteiger partial charge in [-0.1, -0.05) is 62.4 Å². The smallest absolute Gasteiger partial charge is 0.324 e. The lowest BCUT2D eigenvalue weighted by Gasteiger charge is -2.17. The van der Waals surface area contributed by atoms with Gasteiger partial charge in [-0.2, -0.15) is 0 Å². The van der Waals surface area contributed by atoms with E-state index in [1.807, 2.05) is 59.2 Å². The third kappa shape index (κ3) is 4.64. The van der Waals surface area contributed by atoms with E-state index in [9.17, 15) is 9.59 Å². The van der Waals surface area contributed by atoms with Crippen LogP contribution in [0.1, 0.15) is 13.8 Å². The van der Waals surface area contributed by atoms with Crippen LogP contribution in [-0.4, -0.2) is 15.6 Å². The van der Waals surface area contributed by atoms with Gasteiger partial charge in [0, 0.05) is 30.1 Å². The molecule has 6 heteroatoms. The van der Waals surface area contributed by atoms with Crippen molar-refractivity contribution >= 4 is 28.4 Å². The molecule has 2 amide bonds. The van der Waals surface area contributed by atoms with Crippen molar-refractivity contribution in [2.75, 3.05) is 10.6 Å². The molecule has 0 aliphatic heterocycles. The van der Waals surface area contributed by atoms with Crippen LogP contribution < -0.4 is 16.1 Å². The zero-order chi connectivity index (χ0) is 21.8. The molecule has 2 aromatic heterocycles. The Morgan fingerprint density at radius 2 is 1.65 bits per heavy atom. The summed E-state index contributed by atoms with van der Waals surface area (Å²) in [5.74, 6) is 0.629. The molecule has 0 unspecified atom stereocenters. The van der Waals surface area contributed by atoms with Gasteiger partial charge in [-0.05, 0) is 24.1 Å². The summed E-state index contributed by atoms with van der Waals surface area (Å²) in [4.78, 5) is 30.1. The highest BCUT2D eigenvalue weighted by molar-refractivity contribution is 6.05. The number of hydrogen-bond donors (Lipinski definition) is 2. The maximum atomic E-state index is 12.8. The van der Waals surface area contributed by atoms with Crippen molar-refractivity contribution in [3.05, 3.63) is 89.2 Å². The number of pyridine rings is 2. The SMILES string of the molecule is CC(C)Cn1ccc(=O)c2c(NC(=O)Nc3ccccc3)nc(-c3ccccc3)cc21. The van der Waals surface area contributed by atoms with E-state index in [1.54, 1.807) is 18.3 Å². The first-order chi connectivity index (χ1) is 15.0. The van der Waals surface area contributed by atoms with Crippen molar-refractivity contribution in [3.8, 4) is 11.3 Å². The molecule has 4 rings (SSSR count). The van der Waals surface area contributed by atoms with Crippen LogP contribution in [0.5, 0.6) is 0 Å². The number of hydrogen-bond acceptors (Lipinski definition) is 3. The first-order valence-corrected chi connectivity index (χ1v) is 10.2. The fourth-order valence-corrected chi connectivity index (χ4v) is 3.51. The number of nitrogens with one attached hydrogen (secondary N) is 2. The summed E-state index contributed by atoms with van der Waals surface area (Å²) >= 11 is 0. The molecule has 0 aliphatic rings. The summed E-state index contributed by atoms with van der Waals surface area (Å²) in [6.45, 7) is 4.98. The monoisotopic (exact) mass is 412 g/mol. The number of rotatable bonds is 5. The van der Waals surface area contributed by atoms with Gasteiger partial charge in [-0.15, -0.1) is 0 Å². The maximum absolute atomic E-state index is 12.8. The first kappa shape index (κ1) is 20.3. The molecule has 0 fully saturated rings. The topological polar surface area (TPSA) is 76.0 Å². The zero-order valence-corrected chi connectivity index (χ0v) is 17.5. The molecule has 6 nitrogen and oxygen atoms in total.